The van der Waals surface area contributed by atoms with Crippen molar-refractivity contribution < 1.29 is 4.39 Å². The summed E-state index contributed by atoms with van der Waals surface area (Å²) < 4.78 is 13.2. The van der Waals surface area contributed by atoms with E-state index in [0.717, 1.165) is 11.1 Å². The summed E-state index contributed by atoms with van der Waals surface area (Å²) in [6.07, 6.45) is 3.51. The zero-order valence-electron chi connectivity index (χ0n) is 10.4. The smallest absolute Gasteiger partial charge is 0.126 e. The van der Waals surface area contributed by atoms with Crippen molar-refractivity contribution in [3.63, 3.8) is 0 Å². The topological polar surface area (TPSA) is 12.9 Å². The Hall–Kier alpha value is -1.41. The van der Waals surface area contributed by atoms with Gasteiger partial charge in [-0.15, -0.1) is 11.6 Å². The predicted octanol–water partition coefficient (Wildman–Crippen LogP) is 4.61. The minimum absolute atomic E-state index is 0.152. The van der Waals surface area contributed by atoms with Crippen LogP contribution in [0.15, 0.2) is 42.7 Å². The molecule has 0 N–H and O–H groups in total. The molecule has 3 heteroatoms. The molecule has 18 heavy (non-hydrogen) atoms. The van der Waals surface area contributed by atoms with Crippen LogP contribution >= 0.6 is 11.6 Å². The highest BCUT2D eigenvalue weighted by Crippen LogP contribution is 2.36. The normalized spacial score (nSPS) is 14.2. The number of pyridine rings is 1. The fourth-order valence-corrected chi connectivity index (χ4v) is 2.25. The van der Waals surface area contributed by atoms with Crippen molar-refractivity contribution in [2.45, 2.75) is 25.1 Å². The Labute approximate surface area is 112 Å². The molecule has 0 fully saturated rings. The molecule has 0 aliphatic heterocycles. The zero-order chi connectivity index (χ0) is 13.1. The number of rotatable bonds is 3. The molecule has 0 radical (unpaired) electrons. The molecule has 0 amide bonds. The van der Waals surface area contributed by atoms with Crippen molar-refractivity contribution in [2.75, 3.05) is 0 Å². The number of nitrogens with zero attached hydrogens (tertiary/aromatic N) is 1. The van der Waals surface area contributed by atoms with Crippen LogP contribution in [0.4, 0.5) is 4.39 Å². The van der Waals surface area contributed by atoms with Crippen LogP contribution in [0.3, 0.4) is 0 Å². The van der Waals surface area contributed by atoms with Crippen LogP contribution in [0.5, 0.6) is 0 Å². The molecular formula is C15H15ClFN. The van der Waals surface area contributed by atoms with Crippen LogP contribution in [-0.2, 0) is 0 Å². The van der Waals surface area contributed by atoms with Crippen LogP contribution in [0.2, 0.25) is 0 Å². The van der Waals surface area contributed by atoms with Crippen molar-refractivity contribution in [1.29, 1.82) is 0 Å². The van der Waals surface area contributed by atoms with Gasteiger partial charge < -0.3 is 0 Å². The van der Waals surface area contributed by atoms with Crippen LogP contribution in [0, 0.1) is 12.7 Å². The Morgan fingerprint density at radius 1 is 1.11 bits per heavy atom. The average Bonchev–Trinajstić information content (AvgIpc) is 2.41. The van der Waals surface area contributed by atoms with Gasteiger partial charge in [0, 0.05) is 18.3 Å². The number of aromatic nitrogens is 1. The van der Waals surface area contributed by atoms with Gasteiger partial charge in [0.25, 0.3) is 0 Å². The second-order valence-electron chi connectivity index (χ2n) is 4.48. The van der Waals surface area contributed by atoms with E-state index in [-0.39, 0.29) is 17.1 Å². The maximum absolute atomic E-state index is 13.2. The molecule has 0 saturated carbocycles. The molecule has 2 aromatic rings. The molecule has 1 aromatic heterocycles. The van der Waals surface area contributed by atoms with Gasteiger partial charge in [-0.3, -0.25) is 4.98 Å². The van der Waals surface area contributed by atoms with E-state index in [2.05, 4.69) is 11.9 Å². The largest absolute Gasteiger partial charge is 0.265 e. The highest BCUT2D eigenvalue weighted by molar-refractivity contribution is 6.21. The Balaban J connectivity index is 2.25. The van der Waals surface area contributed by atoms with E-state index in [9.17, 15) is 4.39 Å². The van der Waals surface area contributed by atoms with Gasteiger partial charge in [0.1, 0.15) is 5.82 Å². The molecule has 1 aromatic carbocycles. The number of halogens is 2. The lowest BCUT2D eigenvalue weighted by atomic mass is 9.93. The van der Waals surface area contributed by atoms with E-state index < -0.39 is 0 Å². The zero-order valence-corrected chi connectivity index (χ0v) is 11.2. The predicted molar refractivity (Wildman–Crippen MR) is 72.4 cm³/mol. The molecule has 1 heterocycles. The standard InChI is InChI=1S/C15H15ClFN/c1-10-9-13(3-4-14(10)17)15(16)11(2)12-5-7-18-8-6-12/h3-9,11,15H,1-2H3. The summed E-state index contributed by atoms with van der Waals surface area (Å²) in [7, 11) is 0. The maximum atomic E-state index is 13.2. The maximum Gasteiger partial charge on any atom is 0.126 e. The summed E-state index contributed by atoms with van der Waals surface area (Å²) in [4.78, 5) is 3.99. The first kappa shape index (κ1) is 13.0. The van der Waals surface area contributed by atoms with Crippen molar-refractivity contribution in [3.8, 4) is 0 Å². The second kappa shape index (κ2) is 5.49. The third-order valence-corrected chi connectivity index (χ3v) is 3.80. The molecule has 0 aliphatic rings. The van der Waals surface area contributed by atoms with Crippen LogP contribution in [0.25, 0.3) is 0 Å². The molecule has 2 rings (SSSR count). The molecule has 94 valence electrons. The van der Waals surface area contributed by atoms with Crippen LogP contribution in [-0.4, -0.2) is 4.98 Å². The van der Waals surface area contributed by atoms with Gasteiger partial charge in [-0.25, -0.2) is 4.39 Å². The van der Waals surface area contributed by atoms with Gasteiger partial charge in [0.15, 0.2) is 0 Å². The monoisotopic (exact) mass is 263 g/mol. The van der Waals surface area contributed by atoms with E-state index in [0.29, 0.717) is 5.56 Å². The van der Waals surface area contributed by atoms with Gasteiger partial charge in [0.05, 0.1) is 5.38 Å². The quantitative estimate of drug-likeness (QED) is 0.737. The van der Waals surface area contributed by atoms with Crippen LogP contribution in [0.1, 0.15) is 34.9 Å². The fraction of sp³-hybridized carbons (Fsp3) is 0.267. The molecular weight excluding hydrogens is 249 g/mol. The first-order chi connectivity index (χ1) is 8.59. The lowest BCUT2D eigenvalue weighted by Crippen LogP contribution is -2.03. The van der Waals surface area contributed by atoms with Crippen LogP contribution < -0.4 is 0 Å². The molecule has 0 bridgehead atoms. The van der Waals surface area contributed by atoms with E-state index in [4.69, 9.17) is 11.6 Å². The first-order valence-electron chi connectivity index (χ1n) is 5.89. The van der Waals surface area contributed by atoms with Gasteiger partial charge >= 0.3 is 0 Å². The Kier molecular flexibility index (Phi) is 3.97. The highest BCUT2D eigenvalue weighted by Gasteiger charge is 2.18. The summed E-state index contributed by atoms with van der Waals surface area (Å²) >= 11 is 6.47. The third-order valence-electron chi connectivity index (χ3n) is 3.17. The minimum atomic E-state index is -0.195. The van der Waals surface area contributed by atoms with E-state index >= 15 is 0 Å². The number of hydrogen-bond acceptors (Lipinski definition) is 1. The van der Waals surface area contributed by atoms with E-state index in [1.807, 2.05) is 18.2 Å². The number of alkyl halides is 1. The van der Waals surface area contributed by atoms with Crippen molar-refractivity contribution >= 4 is 11.6 Å². The van der Waals surface area contributed by atoms with Crippen molar-refractivity contribution in [2.24, 2.45) is 0 Å². The van der Waals surface area contributed by atoms with Gasteiger partial charge in [-0.1, -0.05) is 19.1 Å². The number of aryl methyl sites for hydroxylation is 1. The van der Waals surface area contributed by atoms with Gasteiger partial charge in [0.2, 0.25) is 0 Å². The SMILES string of the molecule is Cc1cc(C(Cl)C(C)c2ccncc2)ccc1F. The fourth-order valence-electron chi connectivity index (χ4n) is 1.96. The number of hydrogen-bond donors (Lipinski definition) is 0. The summed E-state index contributed by atoms with van der Waals surface area (Å²) in [6.45, 7) is 3.81. The Morgan fingerprint density at radius 3 is 2.39 bits per heavy atom. The average molecular weight is 264 g/mol. The van der Waals surface area contributed by atoms with Crippen molar-refractivity contribution in [3.05, 3.63) is 65.2 Å². The lowest BCUT2D eigenvalue weighted by Gasteiger charge is -2.19. The second-order valence-corrected chi connectivity index (χ2v) is 4.95. The molecule has 0 saturated heterocycles. The minimum Gasteiger partial charge on any atom is -0.265 e. The summed E-state index contributed by atoms with van der Waals surface area (Å²) in [5.74, 6) is -0.0429. The highest BCUT2D eigenvalue weighted by atomic mass is 35.5. The third kappa shape index (κ3) is 2.70. The Morgan fingerprint density at radius 2 is 1.78 bits per heavy atom. The molecule has 2 atom stereocenters. The molecule has 0 spiro atoms. The van der Waals surface area contributed by atoms with E-state index in [1.165, 1.54) is 6.07 Å². The Bertz CT molecular complexity index is 527. The molecule has 2 unspecified atom stereocenters. The lowest BCUT2D eigenvalue weighted by molar-refractivity contribution is 0.616. The number of benzene rings is 1. The first-order valence-corrected chi connectivity index (χ1v) is 6.33. The van der Waals surface area contributed by atoms with E-state index in [1.54, 1.807) is 25.4 Å². The molecule has 1 nitrogen and oxygen atoms in total. The van der Waals surface area contributed by atoms with Gasteiger partial charge in [-0.05, 0) is 41.8 Å². The van der Waals surface area contributed by atoms with Crippen molar-refractivity contribution in [1.82, 2.24) is 4.98 Å². The molecule has 0 aliphatic carbocycles. The van der Waals surface area contributed by atoms with Gasteiger partial charge in [-0.2, -0.15) is 0 Å². The summed E-state index contributed by atoms with van der Waals surface area (Å²) in [5, 5.41) is -0.174. The summed E-state index contributed by atoms with van der Waals surface area (Å²) in [6, 6.07) is 8.94. The summed E-state index contributed by atoms with van der Waals surface area (Å²) in [5.41, 5.74) is 2.70.